The third kappa shape index (κ3) is 5.22. The molecule has 0 bridgehead atoms. The zero-order chi connectivity index (χ0) is 22.6. The van der Waals surface area contributed by atoms with Crippen LogP contribution in [0.3, 0.4) is 0 Å². The summed E-state index contributed by atoms with van der Waals surface area (Å²) in [6.45, 7) is 5.66. The topological polar surface area (TPSA) is 55.9 Å². The van der Waals surface area contributed by atoms with E-state index in [9.17, 15) is 9.59 Å². The highest BCUT2D eigenvalue weighted by atomic mass is 16.2. The van der Waals surface area contributed by atoms with Crippen LogP contribution in [0.1, 0.15) is 37.7 Å². The molecule has 0 unspecified atom stereocenters. The number of hydrogen-bond donors (Lipinski definition) is 1. The van der Waals surface area contributed by atoms with Crippen molar-refractivity contribution in [1.29, 1.82) is 0 Å². The van der Waals surface area contributed by atoms with E-state index in [1.807, 2.05) is 17.0 Å². The van der Waals surface area contributed by atoms with Gasteiger partial charge in [0.05, 0.1) is 5.92 Å². The molecule has 33 heavy (non-hydrogen) atoms. The smallest absolute Gasteiger partial charge is 0.229 e. The Kier molecular flexibility index (Phi) is 6.63. The number of carbonyl (C=O) groups is 2. The van der Waals surface area contributed by atoms with Gasteiger partial charge in [0.25, 0.3) is 0 Å². The van der Waals surface area contributed by atoms with Gasteiger partial charge in [-0.3, -0.25) is 14.5 Å². The van der Waals surface area contributed by atoms with Crippen LogP contribution in [0.25, 0.3) is 0 Å². The van der Waals surface area contributed by atoms with Crippen molar-refractivity contribution in [2.45, 2.75) is 44.7 Å². The highest BCUT2D eigenvalue weighted by molar-refractivity contribution is 5.97. The molecule has 2 aromatic carbocycles. The maximum Gasteiger partial charge on any atom is 0.229 e. The van der Waals surface area contributed by atoms with E-state index in [0.717, 1.165) is 51.3 Å². The van der Waals surface area contributed by atoms with Crippen LogP contribution in [-0.2, 0) is 16.1 Å². The number of benzene rings is 2. The van der Waals surface area contributed by atoms with Gasteiger partial charge in [-0.2, -0.15) is 0 Å². The standard InChI is InChI=1S/C27H34N4O2/c32-26-18-22(20-31(26)25-8-4-5-9-25)27(33)28-23-10-12-24(13-11-23)30-16-14-29(15-17-30)19-21-6-2-1-3-7-21/h1-3,6-7,10-13,22,25H,4-5,8-9,14-20H2,(H,28,33)/t22-/m1/s1. The third-order valence-electron chi connectivity index (χ3n) is 7.42. The van der Waals surface area contributed by atoms with E-state index in [1.165, 1.54) is 24.1 Å². The summed E-state index contributed by atoms with van der Waals surface area (Å²) in [4.78, 5) is 32.1. The number of likely N-dealkylation sites (tertiary alicyclic amines) is 1. The van der Waals surface area contributed by atoms with Crippen molar-refractivity contribution < 1.29 is 9.59 Å². The van der Waals surface area contributed by atoms with Crippen molar-refractivity contribution in [3.8, 4) is 0 Å². The largest absolute Gasteiger partial charge is 0.369 e. The zero-order valence-electron chi connectivity index (χ0n) is 19.3. The summed E-state index contributed by atoms with van der Waals surface area (Å²) >= 11 is 0. The number of hydrogen-bond acceptors (Lipinski definition) is 4. The fraction of sp³-hybridized carbons (Fsp3) is 0.481. The maximum atomic E-state index is 12.8. The molecule has 1 atom stereocenters. The number of carbonyl (C=O) groups excluding carboxylic acids is 2. The van der Waals surface area contributed by atoms with Crippen LogP contribution in [0, 0.1) is 5.92 Å². The van der Waals surface area contributed by atoms with Crippen LogP contribution < -0.4 is 10.2 Å². The fourth-order valence-corrected chi connectivity index (χ4v) is 5.48. The second-order valence-electron chi connectivity index (χ2n) is 9.67. The second-order valence-corrected chi connectivity index (χ2v) is 9.67. The number of rotatable bonds is 6. The molecule has 3 fully saturated rings. The van der Waals surface area contributed by atoms with Gasteiger partial charge in [-0.15, -0.1) is 0 Å². The molecule has 1 saturated carbocycles. The van der Waals surface area contributed by atoms with E-state index in [-0.39, 0.29) is 17.7 Å². The Bertz CT molecular complexity index is 948. The second kappa shape index (κ2) is 9.96. The fourth-order valence-electron chi connectivity index (χ4n) is 5.48. The van der Waals surface area contributed by atoms with Gasteiger partial charge < -0.3 is 15.1 Å². The van der Waals surface area contributed by atoms with Crippen LogP contribution in [-0.4, -0.2) is 60.4 Å². The van der Waals surface area contributed by atoms with E-state index >= 15 is 0 Å². The third-order valence-corrected chi connectivity index (χ3v) is 7.42. The van der Waals surface area contributed by atoms with Gasteiger partial charge >= 0.3 is 0 Å². The quantitative estimate of drug-likeness (QED) is 0.735. The predicted octanol–water partition coefficient (Wildman–Crippen LogP) is 3.74. The molecule has 2 aromatic rings. The minimum atomic E-state index is -0.240. The van der Waals surface area contributed by atoms with Crippen molar-refractivity contribution in [2.75, 3.05) is 42.9 Å². The summed E-state index contributed by atoms with van der Waals surface area (Å²) in [6, 6.07) is 19.1. The lowest BCUT2D eigenvalue weighted by Crippen LogP contribution is -2.45. The number of piperazine rings is 1. The summed E-state index contributed by atoms with van der Waals surface area (Å²) in [5.74, 6) is -0.134. The number of amides is 2. The minimum absolute atomic E-state index is 0.0360. The van der Waals surface area contributed by atoms with Crippen LogP contribution in [0.4, 0.5) is 11.4 Å². The zero-order valence-corrected chi connectivity index (χ0v) is 19.3. The Morgan fingerprint density at radius 1 is 0.909 bits per heavy atom. The Hall–Kier alpha value is -2.86. The van der Waals surface area contributed by atoms with Crippen molar-refractivity contribution >= 4 is 23.2 Å². The van der Waals surface area contributed by atoms with Gasteiger partial charge in [0, 0.05) is 63.1 Å². The minimum Gasteiger partial charge on any atom is -0.369 e. The van der Waals surface area contributed by atoms with Gasteiger partial charge in [0.15, 0.2) is 0 Å². The van der Waals surface area contributed by atoms with Crippen LogP contribution >= 0.6 is 0 Å². The lowest BCUT2D eigenvalue weighted by Gasteiger charge is -2.36. The van der Waals surface area contributed by atoms with E-state index in [2.05, 4.69) is 57.6 Å². The lowest BCUT2D eigenvalue weighted by atomic mass is 10.1. The Morgan fingerprint density at radius 2 is 1.61 bits per heavy atom. The van der Waals surface area contributed by atoms with Gasteiger partial charge in [0.2, 0.25) is 11.8 Å². The molecule has 6 nitrogen and oxygen atoms in total. The van der Waals surface area contributed by atoms with Crippen molar-refractivity contribution in [3.05, 3.63) is 60.2 Å². The molecule has 174 valence electrons. The molecule has 5 rings (SSSR count). The average molecular weight is 447 g/mol. The molecule has 2 heterocycles. The van der Waals surface area contributed by atoms with Crippen LogP contribution in [0.5, 0.6) is 0 Å². The van der Waals surface area contributed by atoms with E-state index in [0.29, 0.717) is 19.0 Å². The SMILES string of the molecule is O=C(Nc1ccc(N2CCN(Cc3ccccc3)CC2)cc1)[C@@H]1CC(=O)N(C2CCCC2)C1. The number of nitrogens with zero attached hydrogens (tertiary/aromatic N) is 3. The molecule has 0 aromatic heterocycles. The summed E-state index contributed by atoms with van der Waals surface area (Å²) in [7, 11) is 0. The molecule has 2 amide bonds. The van der Waals surface area contributed by atoms with Gasteiger partial charge in [0.1, 0.15) is 0 Å². The first-order valence-electron chi connectivity index (χ1n) is 12.4. The highest BCUT2D eigenvalue weighted by Crippen LogP contribution is 2.30. The van der Waals surface area contributed by atoms with Crippen LogP contribution in [0.15, 0.2) is 54.6 Å². The number of anilines is 2. The van der Waals surface area contributed by atoms with Crippen molar-refractivity contribution in [1.82, 2.24) is 9.80 Å². The molecular weight excluding hydrogens is 412 g/mol. The predicted molar refractivity (Wildman–Crippen MR) is 131 cm³/mol. The first-order chi connectivity index (χ1) is 16.2. The Balaban J connectivity index is 1.11. The Morgan fingerprint density at radius 3 is 2.30 bits per heavy atom. The molecule has 0 spiro atoms. The van der Waals surface area contributed by atoms with Crippen molar-refractivity contribution in [3.63, 3.8) is 0 Å². The van der Waals surface area contributed by atoms with E-state index < -0.39 is 0 Å². The summed E-state index contributed by atoms with van der Waals surface area (Å²) in [6.07, 6.45) is 4.90. The maximum absolute atomic E-state index is 12.8. The van der Waals surface area contributed by atoms with E-state index in [4.69, 9.17) is 0 Å². The Labute approximate surface area is 196 Å². The summed E-state index contributed by atoms with van der Waals surface area (Å²) < 4.78 is 0. The first kappa shape index (κ1) is 22.0. The molecular formula is C27H34N4O2. The molecule has 3 aliphatic rings. The molecule has 2 saturated heterocycles. The highest BCUT2D eigenvalue weighted by Gasteiger charge is 2.38. The summed E-state index contributed by atoms with van der Waals surface area (Å²) in [5, 5.41) is 3.04. The normalized spacial score (nSPS) is 22.2. The monoisotopic (exact) mass is 446 g/mol. The van der Waals surface area contributed by atoms with Gasteiger partial charge in [-0.1, -0.05) is 43.2 Å². The first-order valence-corrected chi connectivity index (χ1v) is 12.4. The molecule has 1 N–H and O–H groups in total. The lowest BCUT2D eigenvalue weighted by molar-refractivity contribution is -0.129. The molecule has 2 aliphatic heterocycles. The molecule has 1 aliphatic carbocycles. The molecule has 0 radical (unpaired) electrons. The molecule has 6 heteroatoms. The van der Waals surface area contributed by atoms with Gasteiger partial charge in [-0.05, 0) is 42.7 Å². The average Bonchev–Trinajstić information content (AvgIpc) is 3.51. The number of nitrogens with one attached hydrogen (secondary N) is 1. The van der Waals surface area contributed by atoms with E-state index in [1.54, 1.807) is 0 Å². The van der Waals surface area contributed by atoms with Gasteiger partial charge in [-0.25, -0.2) is 0 Å². The van der Waals surface area contributed by atoms with Crippen LogP contribution in [0.2, 0.25) is 0 Å². The van der Waals surface area contributed by atoms with Crippen molar-refractivity contribution in [2.24, 2.45) is 5.92 Å². The summed E-state index contributed by atoms with van der Waals surface area (Å²) in [5.41, 5.74) is 3.36.